The molecule has 3 aromatic carbocycles. The summed E-state index contributed by atoms with van der Waals surface area (Å²) < 4.78 is 5.90. The highest BCUT2D eigenvalue weighted by atomic mass is 32.2. The number of amides is 1. The van der Waals surface area contributed by atoms with Crippen LogP contribution in [0, 0.1) is 0 Å². The molecule has 1 fully saturated rings. The normalized spacial score (nSPS) is 18.8. The molecular formula is C25H25NO2S. The van der Waals surface area contributed by atoms with Gasteiger partial charge in [-0.05, 0) is 42.2 Å². The fourth-order valence-electron chi connectivity index (χ4n) is 3.52. The lowest BCUT2D eigenvalue weighted by molar-refractivity contribution is -0.129. The Kier molecular flexibility index (Phi) is 6.20. The van der Waals surface area contributed by atoms with Crippen molar-refractivity contribution >= 4 is 17.7 Å². The number of carbonyl (C=O) groups excluding carboxylic acids is 1. The topological polar surface area (TPSA) is 29.5 Å². The number of thioether (sulfide) groups is 1. The Morgan fingerprint density at radius 2 is 1.48 bits per heavy atom. The molecule has 0 aliphatic carbocycles. The third-order valence-corrected chi connectivity index (χ3v) is 6.54. The Morgan fingerprint density at radius 1 is 0.862 bits per heavy atom. The molecule has 0 spiro atoms. The highest BCUT2D eigenvalue weighted by molar-refractivity contribution is 8.01. The number of nitrogens with zero attached hydrogens (tertiary/aromatic N) is 1. The van der Waals surface area contributed by atoms with Gasteiger partial charge in [0, 0.05) is 6.54 Å². The first-order valence-corrected chi connectivity index (χ1v) is 10.9. The number of hydrogen-bond acceptors (Lipinski definition) is 3. The van der Waals surface area contributed by atoms with Crippen molar-refractivity contribution in [2.45, 2.75) is 30.6 Å². The van der Waals surface area contributed by atoms with Gasteiger partial charge < -0.3 is 9.64 Å². The van der Waals surface area contributed by atoms with E-state index in [1.54, 1.807) is 11.8 Å². The van der Waals surface area contributed by atoms with Crippen molar-refractivity contribution in [3.63, 3.8) is 0 Å². The maximum atomic E-state index is 12.7. The first-order valence-electron chi connectivity index (χ1n) is 9.97. The second-order valence-corrected chi connectivity index (χ2v) is 8.67. The van der Waals surface area contributed by atoms with Crippen molar-refractivity contribution in [3.05, 3.63) is 102 Å². The summed E-state index contributed by atoms with van der Waals surface area (Å²) in [6.07, 6.45) is 0.870. The highest BCUT2D eigenvalue weighted by Crippen LogP contribution is 2.43. The van der Waals surface area contributed by atoms with E-state index in [0.717, 1.165) is 29.8 Å². The Morgan fingerprint density at radius 3 is 2.14 bits per heavy atom. The predicted molar refractivity (Wildman–Crippen MR) is 119 cm³/mol. The molecule has 0 bridgehead atoms. The molecule has 4 rings (SSSR count). The summed E-state index contributed by atoms with van der Waals surface area (Å²) in [5, 5.41) is 0.0502. The summed E-state index contributed by atoms with van der Waals surface area (Å²) in [5.41, 5.74) is 3.55. The lowest BCUT2D eigenvalue weighted by Gasteiger charge is -2.24. The van der Waals surface area contributed by atoms with Gasteiger partial charge in [0.05, 0.1) is 5.25 Å². The summed E-state index contributed by atoms with van der Waals surface area (Å²) in [7, 11) is 0. The Labute approximate surface area is 176 Å². The minimum atomic E-state index is -0.00946. The van der Waals surface area contributed by atoms with Gasteiger partial charge in [-0.15, -0.1) is 11.8 Å². The maximum Gasteiger partial charge on any atom is 0.236 e. The van der Waals surface area contributed by atoms with Crippen molar-refractivity contribution < 1.29 is 9.53 Å². The van der Waals surface area contributed by atoms with Gasteiger partial charge in [0.1, 0.15) is 17.7 Å². The van der Waals surface area contributed by atoms with Crippen molar-refractivity contribution in [1.82, 2.24) is 4.90 Å². The fraction of sp³-hybridized carbons (Fsp3) is 0.240. The third-order valence-electron chi connectivity index (χ3n) is 5.14. The van der Waals surface area contributed by atoms with Gasteiger partial charge in [-0.3, -0.25) is 4.79 Å². The molecule has 29 heavy (non-hydrogen) atoms. The monoisotopic (exact) mass is 403 g/mol. The van der Waals surface area contributed by atoms with E-state index in [1.165, 1.54) is 5.56 Å². The molecule has 3 aromatic rings. The minimum absolute atomic E-state index is 0.00946. The zero-order valence-corrected chi connectivity index (χ0v) is 17.3. The van der Waals surface area contributed by atoms with Crippen molar-refractivity contribution in [1.29, 1.82) is 0 Å². The second kappa shape index (κ2) is 9.19. The first-order chi connectivity index (χ1) is 14.2. The van der Waals surface area contributed by atoms with Gasteiger partial charge in [0.2, 0.25) is 5.91 Å². The van der Waals surface area contributed by atoms with Crippen molar-refractivity contribution in [3.8, 4) is 5.75 Å². The molecule has 1 saturated heterocycles. The largest absolute Gasteiger partial charge is 0.489 e. The summed E-state index contributed by atoms with van der Waals surface area (Å²) in [5.74, 6) is 1.07. The lowest BCUT2D eigenvalue weighted by Crippen LogP contribution is -2.32. The zero-order valence-electron chi connectivity index (χ0n) is 16.5. The molecule has 1 aliphatic rings. The molecule has 148 valence electrons. The number of rotatable bonds is 7. The predicted octanol–water partition coefficient (Wildman–Crippen LogP) is 5.47. The van der Waals surface area contributed by atoms with E-state index < -0.39 is 0 Å². The molecule has 1 aliphatic heterocycles. The van der Waals surface area contributed by atoms with Crippen LogP contribution in [0.1, 0.15) is 29.0 Å². The Bertz CT molecular complexity index is 928. The summed E-state index contributed by atoms with van der Waals surface area (Å²) >= 11 is 1.72. The number of carbonyl (C=O) groups is 1. The molecule has 0 saturated carbocycles. The van der Waals surface area contributed by atoms with Crippen LogP contribution in [0.15, 0.2) is 84.9 Å². The van der Waals surface area contributed by atoms with E-state index in [2.05, 4.69) is 36.4 Å². The third kappa shape index (κ3) is 4.83. The van der Waals surface area contributed by atoms with Crippen LogP contribution in [0.4, 0.5) is 0 Å². The SMILES string of the molecule is CC1SC(c2ccc(OCc3ccccc3)cc2)N(CCc2ccccc2)C1=O. The van der Waals surface area contributed by atoms with Gasteiger partial charge in [-0.2, -0.15) is 0 Å². The van der Waals surface area contributed by atoms with E-state index in [9.17, 15) is 4.79 Å². The molecule has 0 N–H and O–H groups in total. The van der Waals surface area contributed by atoms with Gasteiger partial charge in [-0.25, -0.2) is 0 Å². The number of hydrogen-bond donors (Lipinski definition) is 0. The summed E-state index contributed by atoms with van der Waals surface area (Å²) in [6.45, 7) is 3.29. The average Bonchev–Trinajstić information content (AvgIpc) is 3.06. The van der Waals surface area contributed by atoms with Crippen LogP contribution in [-0.2, 0) is 17.8 Å². The highest BCUT2D eigenvalue weighted by Gasteiger charge is 2.38. The Hall–Kier alpha value is -2.72. The number of ether oxygens (including phenoxy) is 1. The van der Waals surface area contributed by atoms with Crippen LogP contribution in [0.3, 0.4) is 0 Å². The summed E-state index contributed by atoms with van der Waals surface area (Å²) in [6, 6.07) is 28.7. The van der Waals surface area contributed by atoms with E-state index in [4.69, 9.17) is 4.74 Å². The lowest BCUT2D eigenvalue weighted by atomic mass is 10.1. The van der Waals surface area contributed by atoms with Crippen molar-refractivity contribution in [2.75, 3.05) is 6.54 Å². The molecule has 2 unspecified atom stereocenters. The van der Waals surface area contributed by atoms with E-state index >= 15 is 0 Å². The van der Waals surface area contributed by atoms with Gasteiger partial charge in [0.15, 0.2) is 0 Å². The molecule has 4 heteroatoms. The quantitative estimate of drug-likeness (QED) is 0.524. The van der Waals surface area contributed by atoms with Crippen LogP contribution in [-0.4, -0.2) is 22.6 Å². The molecule has 3 nitrogen and oxygen atoms in total. The van der Waals surface area contributed by atoms with Crippen LogP contribution >= 0.6 is 11.8 Å². The van der Waals surface area contributed by atoms with Gasteiger partial charge in [0.25, 0.3) is 0 Å². The fourth-order valence-corrected chi connectivity index (χ4v) is 4.83. The maximum absolute atomic E-state index is 12.7. The van der Waals surface area contributed by atoms with Crippen LogP contribution in [0.5, 0.6) is 5.75 Å². The van der Waals surface area contributed by atoms with E-state index in [1.807, 2.05) is 60.4 Å². The van der Waals surface area contributed by atoms with Crippen molar-refractivity contribution in [2.24, 2.45) is 0 Å². The molecule has 0 aromatic heterocycles. The molecule has 0 radical (unpaired) electrons. The van der Waals surface area contributed by atoms with E-state index in [-0.39, 0.29) is 16.5 Å². The minimum Gasteiger partial charge on any atom is -0.489 e. The van der Waals surface area contributed by atoms with Crippen LogP contribution < -0.4 is 4.74 Å². The Balaban J connectivity index is 1.42. The van der Waals surface area contributed by atoms with Gasteiger partial charge >= 0.3 is 0 Å². The van der Waals surface area contributed by atoms with Crippen LogP contribution in [0.25, 0.3) is 0 Å². The van der Waals surface area contributed by atoms with Gasteiger partial charge in [-0.1, -0.05) is 72.8 Å². The first kappa shape index (κ1) is 19.6. The van der Waals surface area contributed by atoms with Crippen LogP contribution in [0.2, 0.25) is 0 Å². The second-order valence-electron chi connectivity index (χ2n) is 7.24. The smallest absolute Gasteiger partial charge is 0.236 e. The molecular weight excluding hydrogens is 378 g/mol. The molecule has 2 atom stereocenters. The summed E-state index contributed by atoms with van der Waals surface area (Å²) in [4.78, 5) is 14.7. The number of benzene rings is 3. The van der Waals surface area contributed by atoms with E-state index in [0.29, 0.717) is 6.61 Å². The average molecular weight is 404 g/mol. The zero-order chi connectivity index (χ0) is 20.1. The standard InChI is InChI=1S/C25H25NO2S/c1-19-24(27)26(17-16-20-8-4-2-5-9-20)25(29-19)22-12-14-23(15-13-22)28-18-21-10-6-3-7-11-21/h2-15,19,25H,16-18H2,1H3. The molecule has 1 amide bonds. The molecule has 1 heterocycles.